The maximum atomic E-state index is 12.4. The Morgan fingerprint density at radius 3 is 2.68 bits per heavy atom. The molecule has 9 heteroatoms. The van der Waals surface area contributed by atoms with Crippen molar-refractivity contribution < 1.29 is 18.0 Å². The van der Waals surface area contributed by atoms with Gasteiger partial charge in [0.2, 0.25) is 11.9 Å². The summed E-state index contributed by atoms with van der Waals surface area (Å²) < 4.78 is 38.8. The van der Waals surface area contributed by atoms with Crippen LogP contribution in [0.2, 0.25) is 5.15 Å². The van der Waals surface area contributed by atoms with E-state index >= 15 is 0 Å². The van der Waals surface area contributed by atoms with Gasteiger partial charge in [-0.1, -0.05) is 24.6 Å². The minimum atomic E-state index is -4.30. The van der Waals surface area contributed by atoms with Crippen LogP contribution in [-0.2, 0) is 4.79 Å². The lowest BCUT2D eigenvalue weighted by Crippen LogP contribution is -2.21. The number of aromatic nitrogens is 3. The molecule has 5 nitrogen and oxygen atoms in total. The van der Waals surface area contributed by atoms with E-state index in [-0.39, 0.29) is 17.5 Å². The van der Waals surface area contributed by atoms with Gasteiger partial charge in [-0.05, 0) is 30.2 Å². The Labute approximate surface area is 146 Å². The molecule has 1 aliphatic carbocycles. The number of carbonyl (C=O) groups is 1. The Morgan fingerprint density at radius 2 is 2.08 bits per heavy atom. The highest BCUT2D eigenvalue weighted by atomic mass is 35.5. The second-order valence-electron chi connectivity index (χ2n) is 5.87. The number of anilines is 1. The molecule has 2 heterocycles. The molecule has 1 atom stereocenters. The lowest BCUT2D eigenvalue weighted by molar-refractivity contribution is -0.144. The van der Waals surface area contributed by atoms with E-state index in [9.17, 15) is 18.0 Å². The number of imidazole rings is 1. The van der Waals surface area contributed by atoms with E-state index in [1.807, 2.05) is 6.08 Å². The minimum Gasteiger partial charge on any atom is -0.296 e. The minimum absolute atomic E-state index is 0.199. The van der Waals surface area contributed by atoms with E-state index in [1.54, 1.807) is 28.9 Å². The summed E-state index contributed by atoms with van der Waals surface area (Å²) in [5.41, 5.74) is 1.72. The van der Waals surface area contributed by atoms with Crippen molar-refractivity contribution in [2.24, 2.45) is 5.92 Å². The number of nitrogens with one attached hydrogen (secondary N) is 1. The zero-order chi connectivity index (χ0) is 18.2. The molecule has 25 heavy (non-hydrogen) atoms. The van der Waals surface area contributed by atoms with Gasteiger partial charge in [-0.15, -0.1) is 0 Å². The second-order valence-corrected chi connectivity index (χ2v) is 6.26. The first-order chi connectivity index (χ1) is 11.7. The monoisotopic (exact) mass is 370 g/mol. The van der Waals surface area contributed by atoms with Crippen LogP contribution in [-0.4, -0.2) is 26.6 Å². The molecule has 0 spiro atoms. The summed E-state index contributed by atoms with van der Waals surface area (Å²) in [6.45, 7) is 1.38. The molecule has 0 aromatic carbocycles. The summed E-state index contributed by atoms with van der Waals surface area (Å²) in [4.78, 5) is 20.6. The van der Waals surface area contributed by atoms with Crippen LogP contribution in [0.25, 0.3) is 16.9 Å². The molecular formula is C16H14ClF3N4O. The normalized spacial score (nSPS) is 15.0. The van der Waals surface area contributed by atoms with E-state index in [2.05, 4.69) is 15.3 Å². The summed E-state index contributed by atoms with van der Waals surface area (Å²) in [5.74, 6) is -1.17. The molecule has 0 aliphatic heterocycles. The zero-order valence-electron chi connectivity index (χ0n) is 13.1. The predicted octanol–water partition coefficient (Wildman–Crippen LogP) is 4.41. The van der Waals surface area contributed by atoms with Crippen LogP contribution in [0.5, 0.6) is 0 Å². The summed E-state index contributed by atoms with van der Waals surface area (Å²) in [6, 6.07) is 3.23. The number of allylic oxidation sites excluding steroid dienone is 4. The number of hydrogen-bond donors (Lipinski definition) is 1. The molecule has 2 aromatic heterocycles. The van der Waals surface area contributed by atoms with Gasteiger partial charge < -0.3 is 0 Å². The summed E-state index contributed by atoms with van der Waals surface area (Å²) in [5, 5.41) is 2.85. The Balaban J connectivity index is 1.82. The van der Waals surface area contributed by atoms with E-state index < -0.39 is 24.4 Å². The van der Waals surface area contributed by atoms with Crippen molar-refractivity contribution in [1.82, 2.24) is 14.5 Å². The fraction of sp³-hybridized carbons (Fsp3) is 0.312. The second kappa shape index (κ2) is 6.51. The average molecular weight is 371 g/mol. The smallest absolute Gasteiger partial charge is 0.296 e. The highest BCUT2D eigenvalue weighted by molar-refractivity contribution is 6.29. The number of hydrogen-bond acceptors (Lipinski definition) is 3. The first-order valence-electron chi connectivity index (χ1n) is 7.53. The summed E-state index contributed by atoms with van der Waals surface area (Å²) >= 11 is 5.92. The van der Waals surface area contributed by atoms with Gasteiger partial charge in [0.25, 0.3) is 0 Å². The highest BCUT2D eigenvalue weighted by Gasteiger charge is 2.31. The van der Waals surface area contributed by atoms with Crippen molar-refractivity contribution >= 4 is 40.3 Å². The van der Waals surface area contributed by atoms with E-state index in [0.717, 1.165) is 5.70 Å². The van der Waals surface area contributed by atoms with Crippen molar-refractivity contribution in [1.29, 1.82) is 0 Å². The van der Waals surface area contributed by atoms with Gasteiger partial charge in [0.1, 0.15) is 10.7 Å². The van der Waals surface area contributed by atoms with Crippen LogP contribution >= 0.6 is 11.6 Å². The van der Waals surface area contributed by atoms with Gasteiger partial charge in [-0.3, -0.25) is 14.7 Å². The third-order valence-corrected chi connectivity index (χ3v) is 3.84. The van der Waals surface area contributed by atoms with Crippen LogP contribution < -0.4 is 5.32 Å². The molecule has 0 saturated carbocycles. The van der Waals surface area contributed by atoms with Gasteiger partial charge in [0.15, 0.2) is 5.65 Å². The van der Waals surface area contributed by atoms with Crippen LogP contribution in [0, 0.1) is 5.92 Å². The first kappa shape index (κ1) is 17.5. The number of fused-ring (bicyclic) bond motifs is 1. The zero-order valence-corrected chi connectivity index (χ0v) is 13.9. The first-order valence-corrected chi connectivity index (χ1v) is 7.91. The topological polar surface area (TPSA) is 59.8 Å². The molecule has 1 unspecified atom stereocenters. The maximum Gasteiger partial charge on any atom is 0.389 e. The largest absolute Gasteiger partial charge is 0.389 e. The number of carbonyl (C=O) groups excluding carboxylic acids is 1. The molecule has 0 bridgehead atoms. The Morgan fingerprint density at radius 1 is 1.36 bits per heavy atom. The van der Waals surface area contributed by atoms with Crippen molar-refractivity contribution in [2.45, 2.75) is 25.9 Å². The standard InChI is InChI=1S/C16H14ClF3N4O/c1-9(8-16(18,19)20)7-13(25)23-15-21-11-5-6-12(17)22-14(11)24(15)10-3-2-4-10/h2-6,9H,7-8H2,1H3,(H,21,23,25). The molecule has 132 valence electrons. The van der Waals surface area contributed by atoms with Gasteiger partial charge >= 0.3 is 6.18 Å². The molecule has 1 aliphatic rings. The number of nitrogens with zero attached hydrogens (tertiary/aromatic N) is 3. The van der Waals surface area contributed by atoms with Crippen LogP contribution in [0.4, 0.5) is 19.1 Å². The third kappa shape index (κ3) is 4.01. The van der Waals surface area contributed by atoms with Crippen LogP contribution in [0.1, 0.15) is 19.8 Å². The molecule has 3 rings (SSSR count). The Hall–Kier alpha value is -2.35. The lowest BCUT2D eigenvalue weighted by Gasteiger charge is -2.15. The molecule has 0 radical (unpaired) electrons. The Kier molecular flexibility index (Phi) is 4.55. The molecule has 2 aromatic rings. The molecule has 1 amide bonds. The number of pyridine rings is 1. The molecule has 0 saturated heterocycles. The van der Waals surface area contributed by atoms with E-state index in [1.165, 1.54) is 6.92 Å². The van der Waals surface area contributed by atoms with Gasteiger partial charge in [-0.2, -0.15) is 13.2 Å². The quantitative estimate of drug-likeness (QED) is 0.793. The fourth-order valence-electron chi connectivity index (χ4n) is 2.55. The van der Waals surface area contributed by atoms with Gasteiger partial charge in [-0.25, -0.2) is 9.97 Å². The number of amides is 1. The van der Waals surface area contributed by atoms with E-state index in [0.29, 0.717) is 11.2 Å². The lowest BCUT2D eigenvalue weighted by atomic mass is 10.0. The van der Waals surface area contributed by atoms with Crippen LogP contribution in [0.15, 0.2) is 30.4 Å². The number of alkyl halides is 3. The van der Waals surface area contributed by atoms with Crippen molar-refractivity contribution in [3.63, 3.8) is 0 Å². The molecule has 0 fully saturated rings. The SMILES string of the molecule is CC(CC(=O)Nc1nc2ccc(Cl)nc2n1C1=CC=C1)CC(F)(F)F. The Bertz CT molecular complexity index is 885. The maximum absolute atomic E-state index is 12.4. The fourth-order valence-corrected chi connectivity index (χ4v) is 2.70. The summed E-state index contributed by atoms with van der Waals surface area (Å²) in [7, 11) is 0. The molecular weight excluding hydrogens is 357 g/mol. The number of rotatable bonds is 5. The average Bonchev–Trinajstić information content (AvgIpc) is 2.72. The van der Waals surface area contributed by atoms with Crippen molar-refractivity contribution in [3.8, 4) is 0 Å². The highest BCUT2D eigenvalue weighted by Crippen LogP contribution is 2.29. The van der Waals surface area contributed by atoms with Crippen LogP contribution in [0.3, 0.4) is 0 Å². The number of halogens is 4. The molecule has 1 N–H and O–H groups in total. The van der Waals surface area contributed by atoms with Crippen molar-refractivity contribution in [2.75, 3.05) is 5.32 Å². The van der Waals surface area contributed by atoms with Gasteiger partial charge in [0.05, 0.1) is 5.70 Å². The van der Waals surface area contributed by atoms with Gasteiger partial charge in [0, 0.05) is 12.8 Å². The summed E-state index contributed by atoms with van der Waals surface area (Å²) in [6.07, 6.45) is -0.164. The predicted molar refractivity (Wildman–Crippen MR) is 89.0 cm³/mol. The third-order valence-electron chi connectivity index (χ3n) is 3.63. The van der Waals surface area contributed by atoms with E-state index in [4.69, 9.17) is 11.6 Å². The van der Waals surface area contributed by atoms with Crippen molar-refractivity contribution in [3.05, 3.63) is 35.5 Å².